The van der Waals surface area contributed by atoms with Gasteiger partial charge in [0.1, 0.15) is 12.3 Å². The van der Waals surface area contributed by atoms with Crippen LogP contribution < -0.4 is 4.90 Å². The molecule has 3 nitrogen and oxygen atoms in total. The summed E-state index contributed by atoms with van der Waals surface area (Å²) < 4.78 is 2.53. The highest BCUT2D eigenvalue weighted by Gasteiger charge is 2.45. The SMILES string of the molecule is CCC(=O)CCCCC[N+]1=C(/C=C/C=C/C=C/C=C2\N(CCCCS)c3ccc4ccccc4c3C2(C)C)C(C)(C)c2c1ccc1ccccc21. The molecular formula is C47H55N2OS+. The van der Waals surface area contributed by atoms with Gasteiger partial charge in [-0.2, -0.15) is 17.2 Å². The monoisotopic (exact) mass is 695 g/mol. The Kier molecular flexibility index (Phi) is 11.5. The Hall–Kier alpha value is -4.15. The molecule has 6 rings (SSSR count). The Morgan fingerprint density at radius 2 is 1.39 bits per heavy atom. The van der Waals surface area contributed by atoms with E-state index in [2.05, 4.69) is 165 Å². The van der Waals surface area contributed by atoms with E-state index in [4.69, 9.17) is 0 Å². The molecule has 0 amide bonds. The van der Waals surface area contributed by atoms with Crippen LogP contribution in [0.25, 0.3) is 21.5 Å². The van der Waals surface area contributed by atoms with E-state index in [0.29, 0.717) is 18.6 Å². The summed E-state index contributed by atoms with van der Waals surface area (Å²) in [6, 6.07) is 26.7. The minimum absolute atomic E-state index is 0.107. The van der Waals surface area contributed by atoms with Crippen LogP contribution in [0.3, 0.4) is 0 Å². The second-order valence-corrected chi connectivity index (χ2v) is 15.6. The Morgan fingerprint density at radius 3 is 2.12 bits per heavy atom. The molecule has 2 aliphatic rings. The van der Waals surface area contributed by atoms with Crippen LogP contribution in [0.4, 0.5) is 11.4 Å². The van der Waals surface area contributed by atoms with Gasteiger partial charge in [0.15, 0.2) is 5.71 Å². The van der Waals surface area contributed by atoms with Crippen molar-refractivity contribution in [3.63, 3.8) is 0 Å². The lowest BCUT2D eigenvalue weighted by Gasteiger charge is -2.27. The van der Waals surface area contributed by atoms with Crippen molar-refractivity contribution in [3.8, 4) is 0 Å². The van der Waals surface area contributed by atoms with Gasteiger partial charge in [-0.15, -0.1) is 0 Å². The van der Waals surface area contributed by atoms with Crippen LogP contribution >= 0.6 is 12.6 Å². The van der Waals surface area contributed by atoms with Crippen molar-refractivity contribution in [2.24, 2.45) is 0 Å². The van der Waals surface area contributed by atoms with E-state index in [-0.39, 0.29) is 10.8 Å². The number of carbonyl (C=O) groups is 1. The molecule has 0 atom stereocenters. The molecule has 2 aliphatic heterocycles. The van der Waals surface area contributed by atoms with Crippen LogP contribution in [0, 0.1) is 0 Å². The second-order valence-electron chi connectivity index (χ2n) is 15.1. The number of nitrogens with zero attached hydrogens (tertiary/aromatic N) is 2. The topological polar surface area (TPSA) is 23.3 Å². The highest BCUT2D eigenvalue weighted by atomic mass is 32.1. The highest BCUT2D eigenvalue weighted by Crippen LogP contribution is 2.51. The predicted octanol–water partition coefficient (Wildman–Crippen LogP) is 12.0. The first-order valence-corrected chi connectivity index (χ1v) is 19.6. The minimum Gasteiger partial charge on any atom is -0.344 e. The average Bonchev–Trinajstić information content (AvgIpc) is 3.49. The molecule has 0 unspecified atom stereocenters. The first-order chi connectivity index (χ1) is 24.7. The average molecular weight is 696 g/mol. The summed E-state index contributed by atoms with van der Waals surface area (Å²) in [5, 5.41) is 5.26. The number of benzene rings is 4. The van der Waals surface area contributed by atoms with Crippen LogP contribution in [-0.4, -0.2) is 34.9 Å². The Labute approximate surface area is 311 Å². The molecule has 4 aromatic rings. The van der Waals surface area contributed by atoms with Crippen LogP contribution in [-0.2, 0) is 15.6 Å². The van der Waals surface area contributed by atoms with Crippen molar-refractivity contribution in [2.45, 2.75) is 90.4 Å². The largest absolute Gasteiger partial charge is 0.344 e. The van der Waals surface area contributed by atoms with Crippen LogP contribution in [0.5, 0.6) is 0 Å². The van der Waals surface area contributed by atoms with Crippen LogP contribution in [0.2, 0.25) is 0 Å². The normalized spacial score (nSPS) is 17.3. The Balaban J connectivity index is 1.24. The van der Waals surface area contributed by atoms with Gasteiger partial charge in [0.25, 0.3) is 0 Å². The van der Waals surface area contributed by atoms with Gasteiger partial charge in [-0.25, -0.2) is 0 Å². The third-order valence-electron chi connectivity index (χ3n) is 11.0. The Morgan fingerprint density at radius 1 is 0.725 bits per heavy atom. The van der Waals surface area contributed by atoms with Gasteiger partial charge >= 0.3 is 0 Å². The number of hydrogen-bond acceptors (Lipinski definition) is 3. The van der Waals surface area contributed by atoms with Gasteiger partial charge in [0, 0.05) is 60.3 Å². The molecule has 2 heterocycles. The lowest BCUT2D eigenvalue weighted by atomic mass is 9.79. The number of allylic oxidation sites excluding steroid dienone is 8. The fourth-order valence-corrected chi connectivity index (χ4v) is 8.59. The van der Waals surface area contributed by atoms with Gasteiger partial charge in [0.2, 0.25) is 5.69 Å². The number of unbranched alkanes of at least 4 members (excludes halogenated alkanes) is 3. The molecule has 0 bridgehead atoms. The zero-order valence-electron chi connectivity index (χ0n) is 31.3. The third kappa shape index (κ3) is 7.44. The number of hydrogen-bond donors (Lipinski definition) is 1. The number of ketones is 1. The molecule has 264 valence electrons. The molecular weight excluding hydrogens is 641 g/mol. The molecule has 0 aliphatic carbocycles. The molecule has 0 spiro atoms. The van der Waals surface area contributed by atoms with E-state index < -0.39 is 0 Å². The van der Waals surface area contributed by atoms with E-state index in [1.165, 1.54) is 55.5 Å². The van der Waals surface area contributed by atoms with E-state index >= 15 is 0 Å². The van der Waals surface area contributed by atoms with Crippen molar-refractivity contribution in [1.29, 1.82) is 0 Å². The van der Waals surface area contributed by atoms with E-state index in [0.717, 1.165) is 50.9 Å². The summed E-state index contributed by atoms with van der Waals surface area (Å²) >= 11 is 4.48. The number of carbonyl (C=O) groups excluding carboxylic acids is 1. The molecule has 0 saturated carbocycles. The summed E-state index contributed by atoms with van der Waals surface area (Å²) in [6.07, 6.45) is 22.1. The Bertz CT molecular complexity index is 2060. The fourth-order valence-electron chi connectivity index (χ4n) is 8.37. The molecule has 51 heavy (non-hydrogen) atoms. The maximum absolute atomic E-state index is 11.9. The summed E-state index contributed by atoms with van der Waals surface area (Å²) in [7, 11) is 0. The molecule has 0 radical (unpaired) electrons. The second kappa shape index (κ2) is 16.0. The first-order valence-electron chi connectivity index (χ1n) is 19.0. The number of anilines is 1. The van der Waals surface area contributed by atoms with Crippen molar-refractivity contribution in [2.75, 3.05) is 23.7 Å². The number of thiol groups is 1. The quantitative estimate of drug-likeness (QED) is 0.0579. The smallest absolute Gasteiger partial charge is 0.210 e. The van der Waals surface area contributed by atoms with E-state index in [1.807, 2.05) is 6.92 Å². The van der Waals surface area contributed by atoms with Crippen LogP contribution in [0.15, 0.2) is 121 Å². The number of rotatable bonds is 15. The lowest BCUT2D eigenvalue weighted by Crippen LogP contribution is -2.28. The standard InChI is InChI=1S/C47H54N2OS/c1-6-37(50)23-11-10-18-32-48-40-30-28-35-21-14-16-24-38(35)44(40)46(2,3)42(48)26-12-8-7-9-13-27-43-47(4,5)45-39-25-17-15-22-36(39)29-31-41(45)49(43)33-19-20-34-51/h7-9,12-17,21-22,24-31H,6,10-11,18-20,23,32-34H2,1-5H3/p+1. The van der Waals surface area contributed by atoms with Crippen molar-refractivity contribution in [1.82, 2.24) is 0 Å². The molecule has 0 fully saturated rings. The van der Waals surface area contributed by atoms with Gasteiger partial charge in [0.05, 0.1) is 5.41 Å². The van der Waals surface area contributed by atoms with E-state index in [9.17, 15) is 4.79 Å². The molecule has 0 N–H and O–H groups in total. The molecule has 4 aromatic carbocycles. The number of fused-ring (bicyclic) bond motifs is 6. The summed E-state index contributed by atoms with van der Waals surface area (Å²) in [4.78, 5) is 14.4. The third-order valence-corrected chi connectivity index (χ3v) is 11.3. The summed E-state index contributed by atoms with van der Waals surface area (Å²) in [5.74, 6) is 1.28. The predicted molar refractivity (Wildman–Crippen MR) is 223 cm³/mol. The molecule has 0 saturated heterocycles. The van der Waals surface area contributed by atoms with Gasteiger partial charge in [-0.1, -0.05) is 106 Å². The zero-order valence-corrected chi connectivity index (χ0v) is 32.2. The first kappa shape index (κ1) is 36.6. The highest BCUT2D eigenvalue weighted by molar-refractivity contribution is 7.80. The maximum atomic E-state index is 11.9. The lowest BCUT2D eigenvalue weighted by molar-refractivity contribution is -0.438. The minimum atomic E-state index is -0.136. The van der Waals surface area contributed by atoms with Gasteiger partial charge in [-0.05, 0) is 90.6 Å². The van der Waals surface area contributed by atoms with E-state index in [1.54, 1.807) is 0 Å². The fraction of sp³-hybridized carbons (Fsp3) is 0.362. The summed E-state index contributed by atoms with van der Waals surface area (Å²) in [5.41, 5.74) is 7.90. The van der Waals surface area contributed by atoms with Gasteiger partial charge < -0.3 is 4.90 Å². The van der Waals surface area contributed by atoms with Gasteiger partial charge in [-0.3, -0.25) is 4.79 Å². The van der Waals surface area contributed by atoms with Crippen molar-refractivity contribution < 1.29 is 9.37 Å². The summed E-state index contributed by atoms with van der Waals surface area (Å²) in [6.45, 7) is 13.4. The number of Topliss-reactive ketones (excluding diaryl/α,β-unsaturated/α-hetero) is 1. The van der Waals surface area contributed by atoms with Crippen molar-refractivity contribution in [3.05, 3.63) is 132 Å². The van der Waals surface area contributed by atoms with Crippen LogP contribution in [0.1, 0.15) is 90.7 Å². The molecule has 0 aromatic heterocycles. The maximum Gasteiger partial charge on any atom is 0.210 e. The van der Waals surface area contributed by atoms with Crippen molar-refractivity contribution >= 4 is 57.0 Å². The molecule has 4 heteroatoms. The zero-order chi connectivity index (χ0) is 36.0.